The summed E-state index contributed by atoms with van der Waals surface area (Å²) < 4.78 is 0. The Morgan fingerprint density at radius 3 is 1.00 bits per heavy atom. The Labute approximate surface area is 507 Å². The monoisotopic (exact) mass is 1100 g/mol. The number of allylic oxidation sites excluding steroid dienone is 5. The van der Waals surface area contributed by atoms with Gasteiger partial charge >= 0.3 is 0 Å². The third-order valence-electron chi connectivity index (χ3n) is 15.9. The van der Waals surface area contributed by atoms with E-state index in [0.29, 0.717) is 0 Å². The fourth-order valence-corrected chi connectivity index (χ4v) is 11.9. The lowest BCUT2D eigenvalue weighted by Gasteiger charge is -2.28. The van der Waals surface area contributed by atoms with Crippen LogP contribution in [0.5, 0.6) is 0 Å². The van der Waals surface area contributed by atoms with E-state index in [-0.39, 0.29) is 0 Å². The molecule has 13 aromatic rings. The lowest BCUT2D eigenvalue weighted by atomic mass is 9.79. The Morgan fingerprint density at radius 1 is 0.267 bits per heavy atom. The van der Waals surface area contributed by atoms with Crippen LogP contribution in [0.15, 0.2) is 327 Å². The SMILES string of the molecule is CC.C\C=C/C(/C=C/c1ccc(N(c2ccc(-c3c(-c4ccccc4)c(-c4ccccc4)c(-c4ccc(N(c5ccc(/C=C/c6ccccc6)cc5)c5cccc6ccccc56)cc4)c4ccccc34)cc2)c2cccc3ccccc23)cc1)=C\C. The van der Waals surface area contributed by atoms with Gasteiger partial charge in [0.25, 0.3) is 0 Å². The molecule has 0 unspecified atom stereocenters. The summed E-state index contributed by atoms with van der Waals surface area (Å²) in [7, 11) is 0. The zero-order chi connectivity index (χ0) is 58.6. The quantitative estimate of drug-likeness (QED) is 0.0746. The maximum absolute atomic E-state index is 2.40. The number of benzene rings is 13. The normalized spacial score (nSPS) is 11.7. The third kappa shape index (κ3) is 11.6. The summed E-state index contributed by atoms with van der Waals surface area (Å²) in [6.07, 6.45) is 15.0. The Kier molecular flexibility index (Phi) is 17.0. The van der Waals surface area contributed by atoms with Gasteiger partial charge in [0, 0.05) is 33.5 Å². The highest BCUT2D eigenvalue weighted by Gasteiger charge is 2.25. The van der Waals surface area contributed by atoms with E-state index in [1.807, 2.05) is 13.8 Å². The molecule has 0 aliphatic rings. The van der Waals surface area contributed by atoms with E-state index in [2.05, 4.69) is 363 Å². The molecule has 0 aromatic heterocycles. The van der Waals surface area contributed by atoms with E-state index in [9.17, 15) is 0 Å². The molecule has 0 aliphatic carbocycles. The molecular weight excluding hydrogens is 1040 g/mol. The first-order chi connectivity index (χ1) is 42.6. The zero-order valence-electron chi connectivity index (χ0n) is 49.2. The van der Waals surface area contributed by atoms with Gasteiger partial charge in [0.15, 0.2) is 0 Å². The number of hydrogen-bond donors (Lipinski definition) is 0. The van der Waals surface area contributed by atoms with Crippen LogP contribution in [0.25, 0.3) is 95.1 Å². The van der Waals surface area contributed by atoms with Gasteiger partial charge in [0.2, 0.25) is 0 Å². The summed E-state index contributed by atoms with van der Waals surface area (Å²) in [5.41, 5.74) is 20.5. The Bertz CT molecular complexity index is 4540. The first kappa shape index (κ1) is 55.7. The molecule has 0 atom stereocenters. The fraction of sp³-hybridized carbons (Fsp3) is 0.0476. The molecule has 86 heavy (non-hydrogen) atoms. The smallest absolute Gasteiger partial charge is 0.0540 e. The summed E-state index contributed by atoms with van der Waals surface area (Å²) in [5.74, 6) is 0. The summed E-state index contributed by atoms with van der Waals surface area (Å²) in [5, 5.41) is 7.14. The zero-order valence-corrected chi connectivity index (χ0v) is 49.2. The van der Waals surface area contributed by atoms with Crippen LogP contribution in [0.3, 0.4) is 0 Å². The molecule has 0 radical (unpaired) electrons. The van der Waals surface area contributed by atoms with E-state index in [1.54, 1.807) is 0 Å². The van der Waals surface area contributed by atoms with Gasteiger partial charge in [-0.15, -0.1) is 0 Å². The number of fused-ring (bicyclic) bond motifs is 3. The van der Waals surface area contributed by atoms with Crippen molar-refractivity contribution in [2.24, 2.45) is 0 Å². The standard InChI is InChI=1S/C82H62N2.C2H6/c1-3-22-59(4-2)39-40-61-43-51-69(52-44-61)83(77-37-20-31-63-25-14-16-33-73(63)77)71-55-47-67(48-56-71)79-75-35-18-19-36-76(75)80(82(66-29-12-7-13-30-66)81(79)65-27-10-6-11-28-65)68-49-57-72(58-50-68)84(78-38-21-32-64-26-15-17-34-74(64)78)70-53-45-62(46-54-70)42-41-60-23-8-5-9-24-60;1-2/h3-58H,1-2H3;1-2H3/b22-3-,40-39+,42-41+,59-4+;. The molecule has 0 heterocycles. The van der Waals surface area contributed by atoms with Gasteiger partial charge in [-0.2, -0.15) is 0 Å². The van der Waals surface area contributed by atoms with E-state index in [1.165, 1.54) is 65.7 Å². The van der Waals surface area contributed by atoms with Crippen molar-refractivity contribution in [3.63, 3.8) is 0 Å². The molecular formula is C84H68N2. The third-order valence-corrected chi connectivity index (χ3v) is 15.9. The molecule has 0 amide bonds. The highest BCUT2D eigenvalue weighted by atomic mass is 15.1. The van der Waals surface area contributed by atoms with E-state index in [4.69, 9.17) is 0 Å². The minimum absolute atomic E-state index is 1.07. The van der Waals surface area contributed by atoms with Crippen LogP contribution < -0.4 is 9.80 Å². The molecule has 0 fully saturated rings. The van der Waals surface area contributed by atoms with Crippen molar-refractivity contribution in [3.8, 4) is 44.5 Å². The van der Waals surface area contributed by atoms with Crippen LogP contribution in [0.1, 0.15) is 44.4 Å². The van der Waals surface area contributed by atoms with Crippen molar-refractivity contribution in [2.75, 3.05) is 9.80 Å². The van der Waals surface area contributed by atoms with Gasteiger partial charge in [-0.25, -0.2) is 0 Å². The molecule has 2 nitrogen and oxygen atoms in total. The average molecular weight is 1110 g/mol. The van der Waals surface area contributed by atoms with Crippen molar-refractivity contribution in [2.45, 2.75) is 27.7 Å². The summed E-state index contributed by atoms with van der Waals surface area (Å²) in [6, 6.07) is 108. The molecule has 13 rings (SSSR count). The van der Waals surface area contributed by atoms with Crippen molar-refractivity contribution in [1.29, 1.82) is 0 Å². The topological polar surface area (TPSA) is 6.48 Å². The van der Waals surface area contributed by atoms with Crippen molar-refractivity contribution >= 4 is 84.7 Å². The van der Waals surface area contributed by atoms with Gasteiger partial charge in [-0.05, 0) is 163 Å². The average Bonchev–Trinajstić information content (AvgIpc) is 0.926. The first-order valence-electron chi connectivity index (χ1n) is 30.0. The van der Waals surface area contributed by atoms with Crippen molar-refractivity contribution < 1.29 is 0 Å². The van der Waals surface area contributed by atoms with Crippen LogP contribution in [-0.2, 0) is 0 Å². The van der Waals surface area contributed by atoms with Gasteiger partial charge in [0.05, 0.1) is 11.4 Å². The second-order valence-electron chi connectivity index (χ2n) is 21.1. The predicted molar refractivity (Wildman–Crippen MR) is 374 cm³/mol. The number of nitrogens with zero attached hydrogens (tertiary/aromatic N) is 2. The van der Waals surface area contributed by atoms with Crippen LogP contribution in [0.4, 0.5) is 34.1 Å². The van der Waals surface area contributed by atoms with Crippen LogP contribution in [-0.4, -0.2) is 0 Å². The minimum atomic E-state index is 1.07. The maximum Gasteiger partial charge on any atom is 0.0540 e. The molecule has 414 valence electrons. The summed E-state index contributed by atoms with van der Waals surface area (Å²) in [6.45, 7) is 8.13. The van der Waals surface area contributed by atoms with Crippen molar-refractivity contribution in [3.05, 3.63) is 344 Å². The van der Waals surface area contributed by atoms with E-state index in [0.717, 1.165) is 67.5 Å². The molecule has 0 aliphatic heterocycles. The maximum atomic E-state index is 2.40. The minimum Gasteiger partial charge on any atom is -0.310 e. The summed E-state index contributed by atoms with van der Waals surface area (Å²) in [4.78, 5) is 4.80. The lowest BCUT2D eigenvalue weighted by molar-refractivity contribution is 1.30. The highest BCUT2D eigenvalue weighted by Crippen LogP contribution is 2.52. The second kappa shape index (κ2) is 26.2. The lowest BCUT2D eigenvalue weighted by Crippen LogP contribution is -2.10. The Balaban J connectivity index is 0.00000358. The second-order valence-corrected chi connectivity index (χ2v) is 21.1. The number of hydrogen-bond acceptors (Lipinski definition) is 2. The van der Waals surface area contributed by atoms with Gasteiger partial charge < -0.3 is 9.80 Å². The van der Waals surface area contributed by atoms with Gasteiger partial charge in [-0.1, -0.05) is 293 Å². The fourth-order valence-electron chi connectivity index (χ4n) is 11.9. The Morgan fingerprint density at radius 2 is 0.593 bits per heavy atom. The van der Waals surface area contributed by atoms with E-state index >= 15 is 0 Å². The largest absolute Gasteiger partial charge is 0.310 e. The van der Waals surface area contributed by atoms with Crippen LogP contribution >= 0.6 is 0 Å². The predicted octanol–water partition coefficient (Wildman–Crippen LogP) is 24.5. The van der Waals surface area contributed by atoms with Crippen LogP contribution in [0.2, 0.25) is 0 Å². The first-order valence-corrected chi connectivity index (χ1v) is 30.0. The van der Waals surface area contributed by atoms with Gasteiger partial charge in [-0.3, -0.25) is 0 Å². The molecule has 13 aromatic carbocycles. The van der Waals surface area contributed by atoms with Gasteiger partial charge in [0.1, 0.15) is 0 Å². The molecule has 2 heteroatoms. The summed E-state index contributed by atoms with van der Waals surface area (Å²) >= 11 is 0. The van der Waals surface area contributed by atoms with E-state index < -0.39 is 0 Å². The number of anilines is 6. The van der Waals surface area contributed by atoms with Crippen LogP contribution in [0, 0.1) is 0 Å². The molecule has 0 saturated carbocycles. The molecule has 0 saturated heterocycles. The highest BCUT2D eigenvalue weighted by molar-refractivity contribution is 6.18. The molecule has 0 spiro atoms. The van der Waals surface area contributed by atoms with Crippen molar-refractivity contribution in [1.82, 2.24) is 0 Å². The molecule has 0 bridgehead atoms. The molecule has 0 N–H and O–H groups in total. The number of rotatable bonds is 15. The Hall–Kier alpha value is -10.8.